The van der Waals surface area contributed by atoms with Gasteiger partial charge in [-0.05, 0) is 42.5 Å². The highest BCUT2D eigenvalue weighted by Gasteiger charge is 2.14. The molecule has 0 spiro atoms. The molecule has 2 rings (SSSR count). The number of carbonyl (C=O) groups excluding carboxylic acids is 2. The van der Waals surface area contributed by atoms with E-state index in [1.54, 1.807) is 0 Å². The lowest BCUT2D eigenvalue weighted by Crippen LogP contribution is -2.31. The minimum absolute atomic E-state index is 0.123. The summed E-state index contributed by atoms with van der Waals surface area (Å²) in [6.07, 6.45) is 1.000. The van der Waals surface area contributed by atoms with E-state index in [-0.39, 0.29) is 17.3 Å². The molecule has 0 unspecified atom stereocenters. The van der Waals surface area contributed by atoms with E-state index in [2.05, 4.69) is 19.2 Å². The molecule has 0 saturated heterocycles. The molecule has 28 heavy (non-hydrogen) atoms. The fourth-order valence-corrected chi connectivity index (χ4v) is 2.71. The molecule has 0 fully saturated rings. The van der Waals surface area contributed by atoms with Crippen LogP contribution in [0.2, 0.25) is 0 Å². The van der Waals surface area contributed by atoms with Gasteiger partial charge in [-0.3, -0.25) is 14.9 Å². The predicted octanol–water partition coefficient (Wildman–Crippen LogP) is 3.83. The number of nitro groups is 1. The zero-order valence-corrected chi connectivity index (χ0v) is 16.2. The van der Waals surface area contributed by atoms with E-state index < -0.39 is 23.4 Å². The van der Waals surface area contributed by atoms with Crippen molar-refractivity contribution in [2.75, 3.05) is 6.61 Å². The summed E-state index contributed by atoms with van der Waals surface area (Å²) < 4.78 is 4.97. The number of ether oxygens (including phenoxy) is 1. The number of non-ortho nitro benzene ring substituents is 1. The second kappa shape index (κ2) is 9.64. The van der Waals surface area contributed by atoms with E-state index >= 15 is 0 Å². The Morgan fingerprint density at radius 2 is 1.64 bits per heavy atom. The van der Waals surface area contributed by atoms with Crippen LogP contribution in [0.1, 0.15) is 48.3 Å². The number of hydrogen-bond donors (Lipinski definition) is 1. The largest absolute Gasteiger partial charge is 0.452 e. The molecule has 0 aliphatic rings. The number of nitrogens with one attached hydrogen (secondary N) is 1. The Morgan fingerprint density at radius 1 is 1.04 bits per heavy atom. The molecular formula is C21H24N2O5. The quantitative estimate of drug-likeness (QED) is 0.424. The highest BCUT2D eigenvalue weighted by molar-refractivity contribution is 5.91. The average Bonchev–Trinajstić information content (AvgIpc) is 2.66. The summed E-state index contributed by atoms with van der Waals surface area (Å²) in [5.74, 6) is -0.557. The van der Waals surface area contributed by atoms with Gasteiger partial charge >= 0.3 is 5.97 Å². The van der Waals surface area contributed by atoms with Crippen molar-refractivity contribution in [3.05, 3.63) is 75.3 Å². The minimum atomic E-state index is -0.712. The van der Waals surface area contributed by atoms with E-state index in [1.165, 1.54) is 29.8 Å². The Kier molecular flexibility index (Phi) is 7.26. The summed E-state index contributed by atoms with van der Waals surface area (Å²) in [5, 5.41) is 13.4. The van der Waals surface area contributed by atoms with Crippen LogP contribution in [0, 0.1) is 16.0 Å². The molecule has 0 radical (unpaired) electrons. The van der Waals surface area contributed by atoms with Crippen LogP contribution in [0.4, 0.5) is 5.69 Å². The number of rotatable bonds is 8. The van der Waals surface area contributed by atoms with Crippen LogP contribution >= 0.6 is 0 Å². The maximum atomic E-state index is 12.0. The number of nitrogens with zero attached hydrogens (tertiary/aromatic N) is 1. The minimum Gasteiger partial charge on any atom is -0.452 e. The van der Waals surface area contributed by atoms with Gasteiger partial charge in [-0.15, -0.1) is 0 Å². The number of amides is 1. The highest BCUT2D eigenvalue weighted by Crippen LogP contribution is 2.16. The van der Waals surface area contributed by atoms with Gasteiger partial charge in [0, 0.05) is 12.1 Å². The zero-order valence-electron chi connectivity index (χ0n) is 16.2. The Morgan fingerprint density at radius 3 is 2.18 bits per heavy atom. The van der Waals surface area contributed by atoms with Crippen molar-refractivity contribution >= 4 is 17.6 Å². The van der Waals surface area contributed by atoms with E-state index in [1.807, 2.05) is 31.2 Å². The monoisotopic (exact) mass is 384 g/mol. The first-order chi connectivity index (χ1) is 13.3. The zero-order chi connectivity index (χ0) is 20.7. The van der Waals surface area contributed by atoms with Crippen LogP contribution in [0.25, 0.3) is 0 Å². The van der Waals surface area contributed by atoms with Gasteiger partial charge in [0.05, 0.1) is 16.5 Å². The van der Waals surface area contributed by atoms with Crippen LogP contribution in [-0.4, -0.2) is 23.4 Å². The SMILES string of the molecule is CC(C)Cc1ccc([C@H](C)NC(=O)COC(=O)c2ccc([N+](=O)[O-])cc2)cc1. The van der Waals surface area contributed by atoms with Gasteiger partial charge in [0.25, 0.3) is 11.6 Å². The molecule has 2 aromatic carbocycles. The van der Waals surface area contributed by atoms with Crippen LogP contribution in [0.5, 0.6) is 0 Å². The molecule has 0 bridgehead atoms. The first-order valence-corrected chi connectivity index (χ1v) is 9.06. The summed E-state index contributed by atoms with van der Waals surface area (Å²) in [5.41, 5.74) is 2.23. The van der Waals surface area contributed by atoms with E-state index in [9.17, 15) is 19.7 Å². The molecule has 2 aromatic rings. The number of benzene rings is 2. The third kappa shape index (κ3) is 6.19. The van der Waals surface area contributed by atoms with Crippen molar-refractivity contribution in [2.45, 2.75) is 33.2 Å². The standard InChI is InChI=1S/C21H24N2O5/c1-14(2)12-16-4-6-17(7-5-16)15(3)22-20(24)13-28-21(25)18-8-10-19(11-9-18)23(26)27/h4-11,14-15H,12-13H2,1-3H3,(H,22,24)/t15-/m0/s1. The van der Waals surface area contributed by atoms with E-state index in [0.717, 1.165) is 12.0 Å². The van der Waals surface area contributed by atoms with Crippen molar-refractivity contribution < 1.29 is 19.2 Å². The van der Waals surface area contributed by atoms with Crippen LogP contribution in [0.3, 0.4) is 0 Å². The second-order valence-corrected chi connectivity index (χ2v) is 7.01. The van der Waals surface area contributed by atoms with Gasteiger partial charge in [0.1, 0.15) is 0 Å². The summed E-state index contributed by atoms with van der Waals surface area (Å²) in [6.45, 7) is 5.75. The molecule has 0 aliphatic heterocycles. The van der Waals surface area contributed by atoms with Crippen molar-refractivity contribution in [2.24, 2.45) is 5.92 Å². The van der Waals surface area contributed by atoms with Crippen molar-refractivity contribution in [1.29, 1.82) is 0 Å². The summed E-state index contributed by atoms with van der Waals surface area (Å²) in [6, 6.07) is 12.8. The Labute approximate surface area is 163 Å². The van der Waals surface area contributed by atoms with Gasteiger partial charge < -0.3 is 10.1 Å². The van der Waals surface area contributed by atoms with Crippen LogP contribution in [0.15, 0.2) is 48.5 Å². The average molecular weight is 384 g/mol. The smallest absolute Gasteiger partial charge is 0.338 e. The Hall–Kier alpha value is -3.22. The first kappa shape index (κ1) is 21.1. The molecule has 7 nitrogen and oxygen atoms in total. The van der Waals surface area contributed by atoms with Crippen LogP contribution in [-0.2, 0) is 16.0 Å². The predicted molar refractivity (Wildman–Crippen MR) is 105 cm³/mol. The van der Waals surface area contributed by atoms with Gasteiger partial charge in [0.15, 0.2) is 6.61 Å². The van der Waals surface area contributed by atoms with Crippen molar-refractivity contribution in [3.8, 4) is 0 Å². The summed E-state index contributed by atoms with van der Waals surface area (Å²) >= 11 is 0. The Bertz CT molecular complexity index is 829. The third-order valence-corrected chi connectivity index (χ3v) is 4.15. The van der Waals surface area contributed by atoms with Crippen LogP contribution < -0.4 is 5.32 Å². The van der Waals surface area contributed by atoms with E-state index in [4.69, 9.17) is 4.74 Å². The van der Waals surface area contributed by atoms with Gasteiger partial charge in [-0.25, -0.2) is 4.79 Å². The molecule has 1 N–H and O–H groups in total. The maximum absolute atomic E-state index is 12.0. The lowest BCUT2D eigenvalue weighted by molar-refractivity contribution is -0.384. The maximum Gasteiger partial charge on any atom is 0.338 e. The molecule has 1 atom stereocenters. The number of carbonyl (C=O) groups is 2. The molecule has 7 heteroatoms. The first-order valence-electron chi connectivity index (χ1n) is 9.06. The lowest BCUT2D eigenvalue weighted by atomic mass is 10.00. The molecule has 0 aliphatic carbocycles. The fourth-order valence-electron chi connectivity index (χ4n) is 2.71. The normalized spacial score (nSPS) is 11.7. The van der Waals surface area contributed by atoms with E-state index in [0.29, 0.717) is 5.92 Å². The Balaban J connectivity index is 1.84. The molecule has 0 saturated carbocycles. The molecule has 148 valence electrons. The van der Waals surface area contributed by atoms with Crippen molar-refractivity contribution in [3.63, 3.8) is 0 Å². The lowest BCUT2D eigenvalue weighted by Gasteiger charge is -2.15. The molecular weight excluding hydrogens is 360 g/mol. The number of hydrogen-bond acceptors (Lipinski definition) is 5. The third-order valence-electron chi connectivity index (χ3n) is 4.15. The highest BCUT2D eigenvalue weighted by atomic mass is 16.6. The number of nitro benzene ring substituents is 1. The molecule has 1 amide bonds. The van der Waals surface area contributed by atoms with Gasteiger partial charge in [0.2, 0.25) is 0 Å². The fraction of sp³-hybridized carbons (Fsp3) is 0.333. The number of esters is 1. The second-order valence-electron chi connectivity index (χ2n) is 7.01. The topological polar surface area (TPSA) is 98.5 Å². The van der Waals surface area contributed by atoms with Gasteiger partial charge in [-0.1, -0.05) is 38.1 Å². The summed E-state index contributed by atoms with van der Waals surface area (Å²) in [4.78, 5) is 34.0. The molecule has 0 heterocycles. The van der Waals surface area contributed by atoms with Crippen molar-refractivity contribution in [1.82, 2.24) is 5.32 Å². The summed E-state index contributed by atoms with van der Waals surface area (Å²) in [7, 11) is 0. The van der Waals surface area contributed by atoms with Gasteiger partial charge in [-0.2, -0.15) is 0 Å². The molecule has 0 aromatic heterocycles.